The number of nitrogen functional groups attached to an aromatic ring is 1. The van der Waals surface area contributed by atoms with Crippen molar-refractivity contribution in [2.24, 2.45) is 0 Å². The van der Waals surface area contributed by atoms with E-state index in [-0.39, 0.29) is 29.2 Å². The number of rotatable bonds is 5. The summed E-state index contributed by atoms with van der Waals surface area (Å²) in [5.41, 5.74) is 7.31. The molecule has 4 aromatic rings. The number of aromatic nitrogens is 4. The van der Waals surface area contributed by atoms with Crippen LogP contribution in [0.5, 0.6) is 0 Å². The lowest BCUT2D eigenvalue weighted by Gasteiger charge is -2.28. The quantitative estimate of drug-likeness (QED) is 0.281. The molecule has 1 aromatic carbocycles. The molecule has 0 spiro atoms. The van der Waals surface area contributed by atoms with Gasteiger partial charge in [0.15, 0.2) is 0 Å². The van der Waals surface area contributed by atoms with Gasteiger partial charge in [0, 0.05) is 41.7 Å². The van der Waals surface area contributed by atoms with Crippen molar-refractivity contribution in [1.82, 2.24) is 24.7 Å². The topological polar surface area (TPSA) is 148 Å². The van der Waals surface area contributed by atoms with Crippen LogP contribution in [0, 0.1) is 0 Å². The number of halogens is 3. The van der Waals surface area contributed by atoms with Gasteiger partial charge in [0.1, 0.15) is 28.7 Å². The molecule has 0 saturated heterocycles. The van der Waals surface area contributed by atoms with Gasteiger partial charge in [0.05, 0.1) is 5.56 Å². The van der Waals surface area contributed by atoms with Gasteiger partial charge in [-0.3, -0.25) is 9.20 Å². The lowest BCUT2D eigenvalue weighted by Crippen LogP contribution is -2.37. The molecule has 3 heterocycles. The second-order valence-electron chi connectivity index (χ2n) is 9.32. The average molecular weight is 540 g/mol. The van der Waals surface area contributed by atoms with Crippen molar-refractivity contribution in [3.05, 3.63) is 71.9 Å². The third-order valence-electron chi connectivity index (χ3n) is 6.73. The summed E-state index contributed by atoms with van der Waals surface area (Å²) >= 11 is 0. The third kappa shape index (κ3) is 5.47. The smallest absolute Gasteiger partial charge is 0.416 e. The Balaban J connectivity index is 1.42. The normalized spacial score (nSPS) is 17.6. The zero-order valence-electron chi connectivity index (χ0n) is 20.4. The first kappa shape index (κ1) is 25.9. The minimum absolute atomic E-state index is 0.0105. The molecule has 2 amide bonds. The van der Waals surface area contributed by atoms with Gasteiger partial charge in [0.25, 0.3) is 5.91 Å². The second kappa shape index (κ2) is 10.2. The molecule has 0 radical (unpaired) electrons. The van der Waals surface area contributed by atoms with Crippen molar-refractivity contribution in [1.29, 1.82) is 0 Å². The van der Waals surface area contributed by atoms with Gasteiger partial charge in [-0.2, -0.15) is 13.2 Å². The first-order chi connectivity index (χ1) is 18.6. The van der Waals surface area contributed by atoms with Gasteiger partial charge in [-0.05, 0) is 43.5 Å². The van der Waals surface area contributed by atoms with Crippen molar-refractivity contribution in [3.8, 4) is 11.3 Å². The molecule has 202 valence electrons. The number of benzene rings is 1. The Morgan fingerprint density at radius 3 is 2.56 bits per heavy atom. The van der Waals surface area contributed by atoms with Crippen molar-refractivity contribution >= 4 is 29.2 Å². The van der Waals surface area contributed by atoms with E-state index < -0.39 is 23.7 Å². The van der Waals surface area contributed by atoms with E-state index in [4.69, 9.17) is 15.8 Å². The first-order valence-corrected chi connectivity index (χ1v) is 12.2. The van der Waals surface area contributed by atoms with Crippen LogP contribution in [0.15, 0.2) is 55.0 Å². The molecule has 0 aliphatic heterocycles. The monoisotopic (exact) mass is 539 g/mol. The maximum absolute atomic E-state index is 13.0. The fourth-order valence-electron chi connectivity index (χ4n) is 4.95. The average Bonchev–Trinajstić information content (AvgIpc) is 3.29. The molecule has 10 nitrogen and oxygen atoms in total. The zero-order valence-corrected chi connectivity index (χ0v) is 20.4. The SMILES string of the molecule is Nc1nccn2c(C3CCCC(NC(=O)O)C3)nc(-c3ccc(C(=O)Nc4cc(C(F)(F)F)ccn4)cc3)c12. The number of hydrogen-bond acceptors (Lipinski definition) is 6. The van der Waals surface area contributed by atoms with Crippen LogP contribution in [0.1, 0.15) is 53.3 Å². The first-order valence-electron chi connectivity index (χ1n) is 12.2. The largest absolute Gasteiger partial charge is 0.465 e. The molecule has 5 rings (SSSR count). The number of hydrogen-bond donors (Lipinski definition) is 4. The predicted molar refractivity (Wildman–Crippen MR) is 136 cm³/mol. The number of carbonyl (C=O) groups excluding carboxylic acids is 1. The van der Waals surface area contributed by atoms with E-state index in [1.165, 1.54) is 12.1 Å². The number of imidazole rings is 1. The maximum Gasteiger partial charge on any atom is 0.416 e. The van der Waals surface area contributed by atoms with E-state index in [1.807, 2.05) is 4.40 Å². The van der Waals surface area contributed by atoms with Gasteiger partial charge in [-0.15, -0.1) is 0 Å². The van der Waals surface area contributed by atoms with E-state index >= 15 is 0 Å². The van der Waals surface area contributed by atoms with Crippen LogP contribution in [0.2, 0.25) is 0 Å². The molecule has 1 fully saturated rings. The van der Waals surface area contributed by atoms with Crippen molar-refractivity contribution in [2.75, 3.05) is 11.1 Å². The van der Waals surface area contributed by atoms with Gasteiger partial charge in [0.2, 0.25) is 0 Å². The highest BCUT2D eigenvalue weighted by Gasteiger charge is 2.31. The van der Waals surface area contributed by atoms with Crippen LogP contribution < -0.4 is 16.4 Å². The van der Waals surface area contributed by atoms with E-state index in [1.54, 1.807) is 24.5 Å². The molecule has 13 heteroatoms. The molecular formula is C26H24F3N7O3. The third-order valence-corrected chi connectivity index (χ3v) is 6.73. The molecular weight excluding hydrogens is 515 g/mol. The Morgan fingerprint density at radius 2 is 1.85 bits per heavy atom. The molecule has 0 bridgehead atoms. The predicted octanol–water partition coefficient (Wildman–Crippen LogP) is 4.94. The van der Waals surface area contributed by atoms with E-state index in [2.05, 4.69) is 20.6 Å². The van der Waals surface area contributed by atoms with Gasteiger partial charge < -0.3 is 21.5 Å². The highest BCUT2D eigenvalue weighted by atomic mass is 19.4. The summed E-state index contributed by atoms with van der Waals surface area (Å²) in [6, 6.07) is 7.81. The van der Waals surface area contributed by atoms with Gasteiger partial charge in [-0.1, -0.05) is 18.6 Å². The maximum atomic E-state index is 13.0. The fourth-order valence-corrected chi connectivity index (χ4v) is 4.95. The fraction of sp³-hybridized carbons (Fsp3) is 0.269. The summed E-state index contributed by atoms with van der Waals surface area (Å²) in [6.45, 7) is 0. The van der Waals surface area contributed by atoms with Crippen LogP contribution in [0.4, 0.5) is 29.6 Å². The minimum Gasteiger partial charge on any atom is -0.465 e. The molecule has 1 aliphatic carbocycles. The lowest BCUT2D eigenvalue weighted by atomic mass is 9.85. The molecule has 3 aromatic heterocycles. The molecule has 1 saturated carbocycles. The Bertz CT molecular complexity index is 1540. The number of anilines is 2. The van der Waals surface area contributed by atoms with Crippen molar-refractivity contribution < 1.29 is 27.9 Å². The summed E-state index contributed by atoms with van der Waals surface area (Å²) in [6.07, 6.45) is 1.71. The standard InChI is InChI=1S/C26H24F3N7O3/c27-26(28,29)17-8-9-31-19(13-17)34-24(37)15-6-4-14(5-7-15)20-21-22(30)32-10-11-36(21)23(35-20)16-2-1-3-18(12-16)33-25(38)39/h4-11,13,16,18,33H,1-3,12H2,(H2,30,32)(H,38,39)(H,31,34,37). The Kier molecular flexibility index (Phi) is 6.81. The van der Waals surface area contributed by atoms with E-state index in [0.29, 0.717) is 23.2 Å². The van der Waals surface area contributed by atoms with Crippen LogP contribution in [0.25, 0.3) is 16.8 Å². The number of carbonyl (C=O) groups is 2. The van der Waals surface area contributed by atoms with E-state index in [9.17, 15) is 22.8 Å². The van der Waals surface area contributed by atoms with Crippen LogP contribution in [-0.4, -0.2) is 42.5 Å². The number of nitrogens with two attached hydrogens (primary N) is 1. The number of carboxylic acid groups (broad SMARTS) is 1. The molecule has 2 unspecified atom stereocenters. The summed E-state index contributed by atoms with van der Waals surface area (Å²) in [7, 11) is 0. The molecule has 5 N–H and O–H groups in total. The zero-order chi connectivity index (χ0) is 27.7. The van der Waals surface area contributed by atoms with Gasteiger partial charge >= 0.3 is 12.3 Å². The molecule has 2 atom stereocenters. The molecule has 39 heavy (non-hydrogen) atoms. The number of nitrogens with zero attached hydrogens (tertiary/aromatic N) is 4. The highest BCUT2D eigenvalue weighted by Crippen LogP contribution is 2.37. The number of alkyl halides is 3. The molecule has 1 aliphatic rings. The van der Waals surface area contributed by atoms with Crippen LogP contribution in [0.3, 0.4) is 0 Å². The highest BCUT2D eigenvalue weighted by molar-refractivity contribution is 6.04. The summed E-state index contributed by atoms with van der Waals surface area (Å²) in [5.74, 6) is 0.154. The second-order valence-corrected chi connectivity index (χ2v) is 9.32. The number of amides is 2. The Labute approximate surface area is 220 Å². The summed E-state index contributed by atoms with van der Waals surface area (Å²) in [4.78, 5) is 36.7. The minimum atomic E-state index is -4.56. The van der Waals surface area contributed by atoms with Gasteiger partial charge in [-0.25, -0.2) is 19.7 Å². The van der Waals surface area contributed by atoms with E-state index in [0.717, 1.165) is 43.4 Å². The summed E-state index contributed by atoms with van der Waals surface area (Å²) < 4.78 is 40.8. The van der Waals surface area contributed by atoms with Crippen LogP contribution in [-0.2, 0) is 6.18 Å². The number of pyridine rings is 1. The Hall–Kier alpha value is -4.68. The number of nitrogens with one attached hydrogen (secondary N) is 2. The lowest BCUT2D eigenvalue weighted by molar-refractivity contribution is -0.137. The van der Waals surface area contributed by atoms with Crippen molar-refractivity contribution in [3.63, 3.8) is 0 Å². The Morgan fingerprint density at radius 1 is 1.08 bits per heavy atom. The number of fused-ring (bicyclic) bond motifs is 1. The van der Waals surface area contributed by atoms with Crippen molar-refractivity contribution in [2.45, 2.75) is 43.8 Å². The summed E-state index contributed by atoms with van der Waals surface area (Å²) in [5, 5.41) is 14.1. The van der Waals surface area contributed by atoms with Crippen LogP contribution >= 0.6 is 0 Å².